The molecule has 0 aromatic heterocycles. The molecule has 1 rings (SSSR count). The van der Waals surface area contributed by atoms with Crippen LogP contribution in [0.4, 0.5) is 0 Å². The average Bonchev–Trinajstić information content (AvgIpc) is 2.30. The zero-order chi connectivity index (χ0) is 14.5. The van der Waals surface area contributed by atoms with Gasteiger partial charge in [-0.25, -0.2) is 0 Å². The van der Waals surface area contributed by atoms with Crippen molar-refractivity contribution in [2.24, 2.45) is 5.41 Å². The number of hydrogen-bond donors (Lipinski definition) is 2. The predicted molar refractivity (Wildman–Crippen MR) is 78.5 cm³/mol. The summed E-state index contributed by atoms with van der Waals surface area (Å²) in [6.07, 6.45) is 0.916. The van der Waals surface area contributed by atoms with Gasteiger partial charge in [0.1, 0.15) is 5.75 Å². The molecule has 0 bridgehead atoms. The lowest BCUT2D eigenvalue weighted by Crippen LogP contribution is -2.44. The summed E-state index contributed by atoms with van der Waals surface area (Å²) in [5.41, 5.74) is 0.599. The van der Waals surface area contributed by atoms with E-state index in [9.17, 15) is 9.90 Å². The van der Waals surface area contributed by atoms with Crippen molar-refractivity contribution in [3.05, 3.63) is 29.8 Å². The summed E-state index contributed by atoms with van der Waals surface area (Å²) in [6, 6.07) is 6.92. The fourth-order valence-electron chi connectivity index (χ4n) is 1.91. The maximum atomic E-state index is 12.0. The fraction of sp³-hybridized carbons (Fsp3) is 0.533. The largest absolute Gasteiger partial charge is 0.508 e. The van der Waals surface area contributed by atoms with E-state index >= 15 is 0 Å². The number of alkyl halides is 1. The molecule has 0 aliphatic carbocycles. The van der Waals surface area contributed by atoms with Crippen LogP contribution in [0.15, 0.2) is 24.3 Å². The van der Waals surface area contributed by atoms with E-state index in [0.29, 0.717) is 11.4 Å². The molecule has 1 aromatic carbocycles. The minimum Gasteiger partial charge on any atom is -0.508 e. The number of nitrogens with one attached hydrogen (secondary N) is 1. The standard InChI is InChI=1S/C15H22ClNO2/c1-15(2,3)13(8-9-16)17-14(19)10-11-6-4-5-7-12(11)18/h4-7,13,18H,8-10H2,1-3H3,(H,17,19). The van der Waals surface area contributed by atoms with Gasteiger partial charge in [-0.15, -0.1) is 11.6 Å². The summed E-state index contributed by atoms with van der Waals surface area (Å²) in [5, 5.41) is 12.7. The number of carbonyl (C=O) groups is 1. The van der Waals surface area contributed by atoms with Crippen LogP contribution in [0, 0.1) is 5.41 Å². The van der Waals surface area contributed by atoms with E-state index in [1.807, 2.05) is 6.07 Å². The van der Waals surface area contributed by atoms with Gasteiger partial charge in [0.05, 0.1) is 6.42 Å². The maximum Gasteiger partial charge on any atom is 0.224 e. The van der Waals surface area contributed by atoms with E-state index in [1.165, 1.54) is 0 Å². The molecule has 3 nitrogen and oxygen atoms in total. The molecule has 19 heavy (non-hydrogen) atoms. The Hall–Kier alpha value is -1.22. The van der Waals surface area contributed by atoms with Crippen LogP contribution in [0.25, 0.3) is 0 Å². The molecule has 1 unspecified atom stereocenters. The quantitative estimate of drug-likeness (QED) is 0.816. The third-order valence-electron chi connectivity index (χ3n) is 3.12. The van der Waals surface area contributed by atoms with Crippen molar-refractivity contribution in [3.8, 4) is 5.75 Å². The smallest absolute Gasteiger partial charge is 0.224 e. The minimum atomic E-state index is -0.0912. The second-order valence-corrected chi connectivity index (χ2v) is 6.15. The topological polar surface area (TPSA) is 49.3 Å². The number of phenols is 1. The van der Waals surface area contributed by atoms with Gasteiger partial charge in [-0.05, 0) is 17.9 Å². The molecule has 0 fully saturated rings. The van der Waals surface area contributed by atoms with E-state index in [0.717, 1.165) is 6.42 Å². The second-order valence-electron chi connectivity index (χ2n) is 5.77. The van der Waals surface area contributed by atoms with E-state index < -0.39 is 0 Å². The van der Waals surface area contributed by atoms with Gasteiger partial charge in [-0.3, -0.25) is 4.79 Å². The van der Waals surface area contributed by atoms with Crippen LogP contribution in [0.1, 0.15) is 32.8 Å². The van der Waals surface area contributed by atoms with Gasteiger partial charge < -0.3 is 10.4 Å². The Morgan fingerprint density at radius 2 is 2.00 bits per heavy atom. The van der Waals surface area contributed by atoms with Crippen LogP contribution in [-0.2, 0) is 11.2 Å². The Morgan fingerprint density at radius 1 is 1.37 bits per heavy atom. The summed E-state index contributed by atoms with van der Waals surface area (Å²) >= 11 is 5.78. The van der Waals surface area contributed by atoms with Crippen molar-refractivity contribution in [2.75, 3.05) is 5.88 Å². The third kappa shape index (κ3) is 5.11. The highest BCUT2D eigenvalue weighted by Gasteiger charge is 2.25. The highest BCUT2D eigenvalue weighted by atomic mass is 35.5. The SMILES string of the molecule is CC(C)(C)C(CCCl)NC(=O)Cc1ccccc1O. The maximum absolute atomic E-state index is 12.0. The first-order valence-electron chi connectivity index (χ1n) is 6.47. The van der Waals surface area contributed by atoms with Crippen molar-refractivity contribution < 1.29 is 9.90 Å². The normalized spacial score (nSPS) is 13.1. The average molecular weight is 284 g/mol. The molecule has 1 amide bonds. The molecule has 0 spiro atoms. The number of para-hydroxylation sites is 1. The zero-order valence-electron chi connectivity index (χ0n) is 11.7. The molecule has 0 aliphatic rings. The summed E-state index contributed by atoms with van der Waals surface area (Å²) < 4.78 is 0. The monoisotopic (exact) mass is 283 g/mol. The van der Waals surface area contributed by atoms with Crippen LogP contribution < -0.4 is 5.32 Å². The van der Waals surface area contributed by atoms with Crippen LogP contribution in [0.3, 0.4) is 0 Å². The van der Waals surface area contributed by atoms with Crippen molar-refractivity contribution in [1.29, 1.82) is 0 Å². The number of halogens is 1. The molecule has 2 N–H and O–H groups in total. The second kappa shape index (κ2) is 6.80. The van der Waals surface area contributed by atoms with Crippen molar-refractivity contribution >= 4 is 17.5 Å². The lowest BCUT2D eigenvalue weighted by Gasteiger charge is -2.31. The molecule has 0 saturated heterocycles. The van der Waals surface area contributed by atoms with E-state index in [-0.39, 0.29) is 29.5 Å². The van der Waals surface area contributed by atoms with Gasteiger partial charge >= 0.3 is 0 Å². The summed E-state index contributed by atoms with van der Waals surface area (Å²) in [7, 11) is 0. The van der Waals surface area contributed by atoms with Crippen LogP contribution in [0.5, 0.6) is 5.75 Å². The molecular weight excluding hydrogens is 262 g/mol. The van der Waals surface area contributed by atoms with Gasteiger partial charge in [0.15, 0.2) is 0 Å². The van der Waals surface area contributed by atoms with Gasteiger partial charge in [0.2, 0.25) is 5.91 Å². The highest BCUT2D eigenvalue weighted by molar-refractivity contribution is 6.17. The number of aromatic hydroxyl groups is 1. The number of phenolic OH excluding ortho intramolecular Hbond substituents is 1. The predicted octanol–water partition coefficient (Wildman–Crippen LogP) is 3.09. The number of benzene rings is 1. The lowest BCUT2D eigenvalue weighted by molar-refractivity contribution is -0.121. The van der Waals surface area contributed by atoms with E-state index in [4.69, 9.17) is 11.6 Å². The number of rotatable bonds is 5. The van der Waals surface area contributed by atoms with Gasteiger partial charge in [0.25, 0.3) is 0 Å². The Balaban J connectivity index is 2.66. The van der Waals surface area contributed by atoms with Crippen molar-refractivity contribution in [3.63, 3.8) is 0 Å². The molecule has 0 heterocycles. The molecule has 1 atom stereocenters. The van der Waals surface area contributed by atoms with Crippen LogP contribution >= 0.6 is 11.6 Å². The van der Waals surface area contributed by atoms with Gasteiger partial charge in [-0.2, -0.15) is 0 Å². The summed E-state index contributed by atoms with van der Waals surface area (Å²) in [5.74, 6) is 0.576. The third-order valence-corrected chi connectivity index (χ3v) is 3.34. The van der Waals surface area contributed by atoms with E-state index in [1.54, 1.807) is 18.2 Å². The van der Waals surface area contributed by atoms with Gasteiger partial charge in [0, 0.05) is 17.5 Å². The number of hydrogen-bond acceptors (Lipinski definition) is 2. The molecular formula is C15H22ClNO2. The zero-order valence-corrected chi connectivity index (χ0v) is 12.5. The fourth-order valence-corrected chi connectivity index (χ4v) is 2.13. The number of carbonyl (C=O) groups excluding carboxylic acids is 1. The molecule has 4 heteroatoms. The van der Waals surface area contributed by atoms with Crippen molar-refractivity contribution in [2.45, 2.75) is 39.7 Å². The first-order chi connectivity index (χ1) is 8.84. The minimum absolute atomic E-state index is 0.0309. The van der Waals surface area contributed by atoms with E-state index in [2.05, 4.69) is 26.1 Å². The van der Waals surface area contributed by atoms with Crippen LogP contribution in [0.2, 0.25) is 0 Å². The summed E-state index contributed by atoms with van der Waals surface area (Å²) in [6.45, 7) is 6.22. The Morgan fingerprint density at radius 3 is 2.53 bits per heavy atom. The Labute approximate surface area is 120 Å². The highest BCUT2D eigenvalue weighted by Crippen LogP contribution is 2.23. The number of amides is 1. The molecule has 1 aromatic rings. The first-order valence-corrected chi connectivity index (χ1v) is 7.00. The first kappa shape index (κ1) is 15.8. The molecule has 0 saturated carbocycles. The molecule has 106 valence electrons. The van der Waals surface area contributed by atoms with Crippen molar-refractivity contribution in [1.82, 2.24) is 5.32 Å². The summed E-state index contributed by atoms with van der Waals surface area (Å²) in [4.78, 5) is 12.0. The molecule has 0 radical (unpaired) electrons. The van der Waals surface area contributed by atoms with Gasteiger partial charge in [-0.1, -0.05) is 39.0 Å². The Kier molecular flexibility index (Phi) is 5.67. The Bertz CT molecular complexity index is 426. The van der Waals surface area contributed by atoms with Crippen LogP contribution in [-0.4, -0.2) is 22.9 Å². The lowest BCUT2D eigenvalue weighted by atomic mass is 9.85. The molecule has 0 aliphatic heterocycles.